The summed E-state index contributed by atoms with van der Waals surface area (Å²) in [5.74, 6) is 0. The first kappa shape index (κ1) is 30.0. The van der Waals surface area contributed by atoms with Crippen LogP contribution < -0.4 is 0 Å². The first-order valence-corrected chi connectivity index (χ1v) is 14.7. The van der Waals surface area contributed by atoms with Crippen LogP contribution in [0.1, 0.15) is 187 Å². The fourth-order valence-corrected chi connectivity index (χ4v) is 4.58. The van der Waals surface area contributed by atoms with Gasteiger partial charge in [-0.25, -0.2) is 0 Å². The highest BCUT2D eigenvalue weighted by Gasteiger charge is 1.96. The molecule has 0 aliphatic heterocycles. The molecule has 0 amide bonds. The van der Waals surface area contributed by atoms with Crippen LogP contribution in [-0.4, -0.2) is 0 Å². The summed E-state index contributed by atoms with van der Waals surface area (Å²) in [6, 6.07) is 0. The Labute approximate surface area is 193 Å². The largest absolute Gasteiger partial charge is 0.0654 e. The van der Waals surface area contributed by atoms with Crippen molar-refractivity contribution in [2.75, 3.05) is 0 Å². The normalized spacial score (nSPS) is 11.4. The van der Waals surface area contributed by atoms with E-state index in [1.165, 1.54) is 173 Å². The van der Waals surface area contributed by atoms with Crippen LogP contribution in [0.5, 0.6) is 0 Å². The molecule has 0 fully saturated rings. The molecule has 181 valence electrons. The van der Waals surface area contributed by atoms with E-state index in [1.54, 1.807) is 0 Å². The van der Waals surface area contributed by atoms with Crippen LogP contribution >= 0.6 is 0 Å². The lowest BCUT2D eigenvalue weighted by molar-refractivity contribution is 0.530. The molecule has 0 atom stereocenters. The van der Waals surface area contributed by atoms with Gasteiger partial charge in [-0.2, -0.15) is 0 Å². The Balaban J connectivity index is 2.97. The zero-order valence-electron chi connectivity index (χ0n) is 21.7. The molecule has 0 heterocycles. The summed E-state index contributed by atoms with van der Waals surface area (Å²) in [5.41, 5.74) is 0. The van der Waals surface area contributed by atoms with E-state index in [4.69, 9.17) is 0 Å². The molecule has 0 saturated carbocycles. The molecule has 0 aromatic carbocycles. The van der Waals surface area contributed by atoms with Gasteiger partial charge in [-0.15, -0.1) is 0 Å². The predicted octanol–water partition coefficient (Wildman–Crippen LogP) is 11.8. The Morgan fingerprint density at radius 2 is 0.467 bits per heavy atom. The maximum Gasteiger partial charge on any atom is -0.0386 e. The minimum absolute atomic E-state index is 1.37. The smallest absolute Gasteiger partial charge is 0.0386 e. The summed E-state index contributed by atoms with van der Waals surface area (Å²) < 4.78 is 0. The van der Waals surface area contributed by atoms with Crippen molar-refractivity contribution in [3.63, 3.8) is 0 Å². The first-order chi connectivity index (χ1) is 14.9. The first-order valence-electron chi connectivity index (χ1n) is 14.7. The van der Waals surface area contributed by atoms with E-state index in [1.807, 2.05) is 0 Å². The van der Waals surface area contributed by atoms with Gasteiger partial charge in [0, 0.05) is 0 Å². The minimum Gasteiger partial charge on any atom is -0.0654 e. The maximum atomic E-state index is 2.58. The van der Waals surface area contributed by atoms with Gasteiger partial charge in [0.25, 0.3) is 0 Å². The van der Waals surface area contributed by atoms with Crippen molar-refractivity contribution in [1.82, 2.24) is 0 Å². The van der Waals surface area contributed by atoms with Gasteiger partial charge in [0.1, 0.15) is 0 Å². The van der Waals surface area contributed by atoms with Crippen molar-refractivity contribution in [2.24, 2.45) is 0 Å². The van der Waals surface area contributed by atoms with E-state index in [0.717, 1.165) is 0 Å². The molecule has 0 spiro atoms. The Kier molecular flexibility index (Phi) is 29.0. The van der Waals surface area contributed by atoms with Crippen LogP contribution in [-0.2, 0) is 0 Å². The molecule has 0 aromatic rings. The summed E-state index contributed by atoms with van der Waals surface area (Å²) in [6.07, 6.45) is 41.9. The topological polar surface area (TPSA) is 0 Å². The van der Waals surface area contributed by atoms with Crippen LogP contribution in [0.2, 0.25) is 0 Å². The molecule has 0 bridgehead atoms. The van der Waals surface area contributed by atoms with Crippen LogP contribution in [0.25, 0.3) is 0 Å². The molecule has 0 nitrogen and oxygen atoms in total. The van der Waals surface area contributed by atoms with Gasteiger partial charge in [0.2, 0.25) is 0 Å². The van der Waals surface area contributed by atoms with Crippen molar-refractivity contribution in [3.05, 3.63) is 6.42 Å². The molecule has 0 heteroatoms. The Bertz CT molecular complexity index is 241. The second-order valence-electron chi connectivity index (χ2n) is 10.00. The molecular formula is C30H61. The lowest BCUT2D eigenvalue weighted by Crippen LogP contribution is -1.85. The van der Waals surface area contributed by atoms with E-state index >= 15 is 0 Å². The number of unbranched alkanes of at least 4 members (excludes halogenated alkanes) is 27. The molecule has 30 heavy (non-hydrogen) atoms. The van der Waals surface area contributed by atoms with Gasteiger partial charge in [-0.05, 0) is 6.42 Å². The van der Waals surface area contributed by atoms with Gasteiger partial charge in [-0.3, -0.25) is 0 Å². The van der Waals surface area contributed by atoms with Crippen molar-refractivity contribution in [1.29, 1.82) is 0 Å². The van der Waals surface area contributed by atoms with Crippen molar-refractivity contribution in [3.8, 4) is 0 Å². The average molecular weight is 422 g/mol. The van der Waals surface area contributed by atoms with E-state index < -0.39 is 0 Å². The van der Waals surface area contributed by atoms with E-state index in [0.29, 0.717) is 0 Å². The molecule has 0 unspecified atom stereocenters. The van der Waals surface area contributed by atoms with Crippen LogP contribution in [0.3, 0.4) is 0 Å². The quantitative estimate of drug-likeness (QED) is 0.116. The predicted molar refractivity (Wildman–Crippen MR) is 140 cm³/mol. The summed E-state index contributed by atoms with van der Waals surface area (Å²) in [7, 11) is 0. The SMILES string of the molecule is CCCCCCCCCCCC[CH]CCCCCCCCCCCCCCCCC. The number of hydrogen-bond acceptors (Lipinski definition) is 0. The summed E-state index contributed by atoms with van der Waals surface area (Å²) in [5, 5.41) is 0. The third-order valence-corrected chi connectivity index (χ3v) is 6.77. The second kappa shape index (κ2) is 29.0. The summed E-state index contributed by atoms with van der Waals surface area (Å²) in [6.45, 7) is 4.61. The highest BCUT2D eigenvalue weighted by Crippen LogP contribution is 2.15. The zero-order chi connectivity index (χ0) is 21.8. The summed E-state index contributed by atoms with van der Waals surface area (Å²) in [4.78, 5) is 0. The van der Waals surface area contributed by atoms with Crippen molar-refractivity contribution in [2.45, 2.75) is 187 Å². The fraction of sp³-hybridized carbons (Fsp3) is 0.967. The summed E-state index contributed by atoms with van der Waals surface area (Å²) >= 11 is 0. The van der Waals surface area contributed by atoms with Crippen LogP contribution in [0.4, 0.5) is 0 Å². The average Bonchev–Trinajstić information content (AvgIpc) is 2.76. The lowest BCUT2D eigenvalue weighted by atomic mass is 10.0. The molecule has 0 N–H and O–H groups in total. The Morgan fingerprint density at radius 3 is 0.700 bits per heavy atom. The highest BCUT2D eigenvalue weighted by molar-refractivity contribution is 4.64. The molecule has 0 rings (SSSR count). The van der Waals surface area contributed by atoms with Gasteiger partial charge in [-0.1, -0.05) is 187 Å². The molecule has 0 saturated heterocycles. The third-order valence-electron chi connectivity index (χ3n) is 6.77. The Morgan fingerprint density at radius 1 is 0.267 bits per heavy atom. The van der Waals surface area contributed by atoms with Crippen molar-refractivity contribution >= 4 is 0 Å². The van der Waals surface area contributed by atoms with Crippen LogP contribution in [0, 0.1) is 6.42 Å². The third kappa shape index (κ3) is 28.0. The van der Waals surface area contributed by atoms with Gasteiger partial charge < -0.3 is 0 Å². The highest BCUT2D eigenvalue weighted by atomic mass is 14.0. The lowest BCUT2D eigenvalue weighted by Gasteiger charge is -2.04. The maximum absolute atomic E-state index is 2.58. The molecule has 0 aliphatic carbocycles. The van der Waals surface area contributed by atoms with Gasteiger partial charge >= 0.3 is 0 Å². The molecule has 0 aliphatic rings. The molecule has 1 radical (unpaired) electrons. The molecular weight excluding hydrogens is 360 g/mol. The Hall–Kier alpha value is 0. The van der Waals surface area contributed by atoms with E-state index in [-0.39, 0.29) is 0 Å². The number of rotatable bonds is 27. The molecule has 0 aromatic heterocycles. The van der Waals surface area contributed by atoms with Gasteiger partial charge in [0.05, 0.1) is 0 Å². The van der Waals surface area contributed by atoms with Gasteiger partial charge in [0.15, 0.2) is 0 Å². The minimum atomic E-state index is 1.37. The van der Waals surface area contributed by atoms with Crippen molar-refractivity contribution < 1.29 is 0 Å². The second-order valence-corrected chi connectivity index (χ2v) is 10.00. The van der Waals surface area contributed by atoms with E-state index in [2.05, 4.69) is 20.3 Å². The van der Waals surface area contributed by atoms with E-state index in [9.17, 15) is 0 Å². The fourth-order valence-electron chi connectivity index (χ4n) is 4.58. The zero-order valence-corrected chi connectivity index (χ0v) is 21.7. The van der Waals surface area contributed by atoms with Crippen LogP contribution in [0.15, 0.2) is 0 Å². The monoisotopic (exact) mass is 421 g/mol. The number of hydrogen-bond donors (Lipinski definition) is 0. The standard InChI is InChI=1S/C30H61/c1-3-5-7-9-11-13-15-17-19-21-23-25-27-29-30-28-26-24-22-20-18-16-14-12-10-8-6-4-2/h25H,3-24,26-30H2,1-2H3.